The topological polar surface area (TPSA) is 127 Å². The summed E-state index contributed by atoms with van der Waals surface area (Å²) < 4.78 is 4.88. The van der Waals surface area contributed by atoms with Gasteiger partial charge in [-0.1, -0.05) is 12.8 Å². The fourth-order valence-corrected chi connectivity index (χ4v) is 2.71. The molecule has 9 heteroatoms. The van der Waals surface area contributed by atoms with Crippen molar-refractivity contribution in [2.24, 2.45) is 0 Å². The number of rotatable bonds is 6. The first-order chi connectivity index (χ1) is 9.97. The van der Waals surface area contributed by atoms with E-state index in [-0.39, 0.29) is 23.8 Å². The second kappa shape index (κ2) is 5.90. The zero-order valence-electron chi connectivity index (χ0n) is 11.5. The van der Waals surface area contributed by atoms with Crippen LogP contribution in [0, 0.1) is 10.1 Å². The van der Waals surface area contributed by atoms with Gasteiger partial charge in [0.1, 0.15) is 6.33 Å². The molecule has 0 bridgehead atoms. The van der Waals surface area contributed by atoms with Gasteiger partial charge in [-0.15, -0.1) is 0 Å². The molecule has 114 valence electrons. The lowest BCUT2D eigenvalue weighted by Gasteiger charge is -2.28. The molecule has 0 radical (unpaired) electrons. The molecule has 1 heterocycles. The molecule has 0 amide bonds. The molecule has 1 aromatic heterocycles. The third-order valence-electron chi connectivity index (χ3n) is 3.60. The van der Waals surface area contributed by atoms with Crippen molar-refractivity contribution in [3.05, 3.63) is 16.4 Å². The standard InChI is InChI=1S/C12H16N4O5/c1-21-11-9(16(19)20)10(13-7-14-11)15-12(6-8(17)18)4-2-3-5-12/h7H,2-6H2,1H3,(H,17,18)(H,13,14,15). The van der Waals surface area contributed by atoms with Gasteiger partial charge in [-0.2, -0.15) is 4.98 Å². The van der Waals surface area contributed by atoms with Crippen LogP contribution in [-0.2, 0) is 4.79 Å². The number of aromatic nitrogens is 2. The SMILES string of the molecule is COc1ncnc(NC2(CC(=O)O)CCCC2)c1[N+](=O)[O-]. The van der Waals surface area contributed by atoms with Crippen LogP contribution in [0.1, 0.15) is 32.1 Å². The summed E-state index contributed by atoms with van der Waals surface area (Å²) in [6.45, 7) is 0. The van der Waals surface area contributed by atoms with Gasteiger partial charge in [-0.3, -0.25) is 14.9 Å². The van der Waals surface area contributed by atoms with Crippen LogP contribution in [-0.4, -0.2) is 38.6 Å². The van der Waals surface area contributed by atoms with Crippen molar-refractivity contribution in [2.75, 3.05) is 12.4 Å². The Labute approximate surface area is 120 Å². The van der Waals surface area contributed by atoms with Gasteiger partial charge >= 0.3 is 11.7 Å². The summed E-state index contributed by atoms with van der Waals surface area (Å²) in [6.07, 6.45) is 4.03. The number of nitrogens with one attached hydrogen (secondary N) is 1. The minimum Gasteiger partial charge on any atom is -0.481 e. The first-order valence-corrected chi connectivity index (χ1v) is 6.51. The predicted molar refractivity (Wildman–Crippen MR) is 72.3 cm³/mol. The molecule has 9 nitrogen and oxygen atoms in total. The highest BCUT2D eigenvalue weighted by Gasteiger charge is 2.39. The number of methoxy groups -OCH3 is 1. The van der Waals surface area contributed by atoms with Crippen molar-refractivity contribution < 1.29 is 19.6 Å². The summed E-state index contributed by atoms with van der Waals surface area (Å²) in [5, 5.41) is 23.2. The fourth-order valence-electron chi connectivity index (χ4n) is 2.71. The van der Waals surface area contributed by atoms with Crippen molar-refractivity contribution in [2.45, 2.75) is 37.6 Å². The summed E-state index contributed by atoms with van der Waals surface area (Å²) in [7, 11) is 1.28. The first kappa shape index (κ1) is 14.9. The van der Waals surface area contributed by atoms with E-state index in [9.17, 15) is 14.9 Å². The molecule has 0 atom stereocenters. The number of carboxylic acid groups (broad SMARTS) is 1. The van der Waals surface area contributed by atoms with Gasteiger partial charge in [0.25, 0.3) is 5.88 Å². The number of nitrogens with zero attached hydrogens (tertiary/aromatic N) is 3. The maximum atomic E-state index is 11.2. The quantitative estimate of drug-likeness (QED) is 0.598. The van der Waals surface area contributed by atoms with Crippen LogP contribution in [0.4, 0.5) is 11.5 Å². The molecule has 1 fully saturated rings. The number of hydrogen-bond donors (Lipinski definition) is 2. The summed E-state index contributed by atoms with van der Waals surface area (Å²) in [4.78, 5) is 29.2. The maximum Gasteiger partial charge on any atom is 0.372 e. The van der Waals surface area contributed by atoms with Crippen molar-refractivity contribution >= 4 is 17.5 Å². The van der Waals surface area contributed by atoms with Gasteiger partial charge in [0.15, 0.2) is 0 Å². The largest absolute Gasteiger partial charge is 0.481 e. The Morgan fingerprint density at radius 1 is 1.52 bits per heavy atom. The van der Waals surface area contributed by atoms with E-state index in [1.807, 2.05) is 0 Å². The molecule has 0 aromatic carbocycles. The molecule has 2 N–H and O–H groups in total. The molecule has 0 unspecified atom stereocenters. The van der Waals surface area contributed by atoms with Gasteiger partial charge in [0.2, 0.25) is 5.82 Å². The highest BCUT2D eigenvalue weighted by Crippen LogP contribution is 2.39. The molecule has 0 spiro atoms. The molecule has 1 saturated carbocycles. The van der Waals surface area contributed by atoms with Crippen LogP contribution in [0.3, 0.4) is 0 Å². The smallest absolute Gasteiger partial charge is 0.372 e. The van der Waals surface area contributed by atoms with E-state index in [4.69, 9.17) is 9.84 Å². The third kappa shape index (κ3) is 3.18. The Balaban J connectivity index is 2.37. The van der Waals surface area contributed by atoms with Crippen LogP contribution in [0.2, 0.25) is 0 Å². The van der Waals surface area contributed by atoms with E-state index < -0.39 is 16.4 Å². The molecule has 21 heavy (non-hydrogen) atoms. The number of nitro groups is 1. The number of hydrogen-bond acceptors (Lipinski definition) is 7. The van der Waals surface area contributed by atoms with E-state index in [0.29, 0.717) is 12.8 Å². The summed E-state index contributed by atoms with van der Waals surface area (Å²) in [5.41, 5.74) is -1.09. The number of anilines is 1. The predicted octanol–water partition coefficient (Wildman–Crippen LogP) is 1.59. The minimum atomic E-state index is -0.951. The Bertz CT molecular complexity index is 557. The van der Waals surface area contributed by atoms with Crippen molar-refractivity contribution in [1.82, 2.24) is 9.97 Å². The van der Waals surface area contributed by atoms with Crippen LogP contribution in [0.5, 0.6) is 5.88 Å². The van der Waals surface area contributed by atoms with E-state index in [1.165, 1.54) is 7.11 Å². The average molecular weight is 296 g/mol. The number of carbonyl (C=O) groups is 1. The third-order valence-corrected chi connectivity index (χ3v) is 3.60. The Morgan fingerprint density at radius 2 is 2.19 bits per heavy atom. The van der Waals surface area contributed by atoms with Crippen molar-refractivity contribution in [3.63, 3.8) is 0 Å². The van der Waals surface area contributed by atoms with Crippen LogP contribution >= 0.6 is 0 Å². The van der Waals surface area contributed by atoms with Gasteiger partial charge in [-0.05, 0) is 12.8 Å². The highest BCUT2D eigenvalue weighted by atomic mass is 16.6. The van der Waals surface area contributed by atoms with Crippen LogP contribution < -0.4 is 10.1 Å². The summed E-state index contributed by atoms with van der Waals surface area (Å²) in [6, 6.07) is 0. The second-order valence-corrected chi connectivity index (χ2v) is 5.02. The van der Waals surface area contributed by atoms with Gasteiger partial charge in [0.05, 0.1) is 18.5 Å². The lowest BCUT2D eigenvalue weighted by atomic mass is 9.93. The van der Waals surface area contributed by atoms with Gasteiger partial charge in [0, 0.05) is 5.54 Å². The van der Waals surface area contributed by atoms with E-state index in [0.717, 1.165) is 19.2 Å². The zero-order chi connectivity index (χ0) is 15.5. The summed E-state index contributed by atoms with van der Waals surface area (Å²) >= 11 is 0. The molecule has 2 rings (SSSR count). The summed E-state index contributed by atoms with van der Waals surface area (Å²) in [5.74, 6) is -1.11. The van der Waals surface area contributed by atoms with Gasteiger partial charge < -0.3 is 15.2 Å². The van der Waals surface area contributed by atoms with Crippen molar-refractivity contribution in [1.29, 1.82) is 0 Å². The zero-order valence-corrected chi connectivity index (χ0v) is 11.5. The van der Waals surface area contributed by atoms with Crippen LogP contribution in [0.15, 0.2) is 6.33 Å². The monoisotopic (exact) mass is 296 g/mol. The molecular weight excluding hydrogens is 280 g/mol. The molecular formula is C12H16N4O5. The second-order valence-electron chi connectivity index (χ2n) is 5.02. The molecule has 1 aromatic rings. The lowest BCUT2D eigenvalue weighted by Crippen LogP contribution is -2.38. The molecule has 0 aliphatic heterocycles. The van der Waals surface area contributed by atoms with E-state index in [2.05, 4.69) is 15.3 Å². The van der Waals surface area contributed by atoms with Gasteiger partial charge in [-0.25, -0.2) is 4.98 Å². The molecule has 1 aliphatic carbocycles. The maximum absolute atomic E-state index is 11.2. The Morgan fingerprint density at radius 3 is 2.71 bits per heavy atom. The van der Waals surface area contributed by atoms with Crippen molar-refractivity contribution in [3.8, 4) is 5.88 Å². The minimum absolute atomic E-state index is 0.00463. The molecule has 1 aliphatic rings. The van der Waals surface area contributed by atoms with E-state index >= 15 is 0 Å². The average Bonchev–Trinajstić information content (AvgIpc) is 2.85. The first-order valence-electron chi connectivity index (χ1n) is 6.51. The molecule has 0 saturated heterocycles. The Kier molecular flexibility index (Phi) is 4.20. The normalized spacial score (nSPS) is 16.4. The number of carboxylic acids is 1. The lowest BCUT2D eigenvalue weighted by molar-refractivity contribution is -0.385. The Hall–Kier alpha value is -2.45. The van der Waals surface area contributed by atoms with E-state index in [1.54, 1.807) is 0 Å². The highest BCUT2D eigenvalue weighted by molar-refractivity contribution is 5.70. The fraction of sp³-hybridized carbons (Fsp3) is 0.583. The number of aliphatic carboxylic acids is 1. The number of ether oxygens (including phenoxy) is 1. The van der Waals surface area contributed by atoms with Crippen LogP contribution in [0.25, 0.3) is 0 Å².